The minimum Gasteiger partial charge on any atom is -0.404 e. The number of hydrogen-bond donors (Lipinski definition) is 2. The van der Waals surface area contributed by atoms with Gasteiger partial charge >= 0.3 is 0 Å². The van der Waals surface area contributed by atoms with Crippen molar-refractivity contribution in [2.45, 2.75) is 50.5 Å². The summed E-state index contributed by atoms with van der Waals surface area (Å²) in [5.41, 5.74) is 0. The molecule has 2 aromatic rings. The van der Waals surface area contributed by atoms with Crippen LogP contribution >= 0.6 is 0 Å². The van der Waals surface area contributed by atoms with E-state index in [1.807, 2.05) is 60.7 Å². The van der Waals surface area contributed by atoms with Crippen LogP contribution in [0.1, 0.15) is 33.6 Å². The van der Waals surface area contributed by atoms with Gasteiger partial charge in [0.1, 0.15) is 0 Å². The summed E-state index contributed by atoms with van der Waals surface area (Å²) in [6.45, 7) is 6.32. The second-order valence-corrected chi connectivity index (χ2v) is 12.6. The molecule has 3 rings (SSSR count). The fourth-order valence-corrected chi connectivity index (χ4v) is 8.63. The molecule has 1 fully saturated rings. The third kappa shape index (κ3) is 3.49. The van der Waals surface area contributed by atoms with E-state index in [2.05, 4.69) is 20.8 Å². The highest BCUT2D eigenvalue weighted by Crippen LogP contribution is 2.39. The van der Waals surface area contributed by atoms with E-state index in [4.69, 9.17) is 4.43 Å². The Bertz CT molecular complexity index is 796. The van der Waals surface area contributed by atoms with Gasteiger partial charge in [0.25, 0.3) is 14.1 Å². The average molecular weight is 399 g/mol. The van der Waals surface area contributed by atoms with E-state index in [0.717, 1.165) is 10.4 Å². The van der Waals surface area contributed by atoms with Crippen LogP contribution in [0, 0.1) is 0 Å². The monoisotopic (exact) mass is 398 g/mol. The lowest BCUT2D eigenvalue weighted by Crippen LogP contribution is -2.68. The summed E-state index contributed by atoms with van der Waals surface area (Å²) in [7, 11) is -2.91. The van der Waals surface area contributed by atoms with E-state index in [1.54, 1.807) is 0 Å². The van der Waals surface area contributed by atoms with Crippen LogP contribution in [0.3, 0.4) is 0 Å². The number of aliphatic hydroxyl groups is 2. The molecule has 2 aromatic carbocycles. The van der Waals surface area contributed by atoms with E-state index < -0.39 is 31.8 Å². The van der Waals surface area contributed by atoms with Crippen LogP contribution in [0.4, 0.5) is 0 Å². The number of carbonyl (C=O) groups excluding carboxylic acids is 2. The molecule has 0 atom stereocenters. The molecule has 1 aliphatic carbocycles. The van der Waals surface area contributed by atoms with Crippen LogP contribution < -0.4 is 10.4 Å². The van der Waals surface area contributed by atoms with Gasteiger partial charge in [-0.25, -0.2) is 0 Å². The van der Waals surface area contributed by atoms with Crippen molar-refractivity contribution in [3.63, 3.8) is 0 Å². The predicted molar refractivity (Wildman–Crippen MR) is 109 cm³/mol. The van der Waals surface area contributed by atoms with Crippen LogP contribution in [0.25, 0.3) is 0 Å². The van der Waals surface area contributed by atoms with Crippen LogP contribution in [-0.2, 0) is 14.0 Å². The summed E-state index contributed by atoms with van der Waals surface area (Å²) in [5.74, 6) is -4.72. The average Bonchev–Trinajstić information content (AvgIpc) is 2.65. The Balaban J connectivity index is 2.12. The van der Waals surface area contributed by atoms with E-state index in [0.29, 0.717) is 0 Å². The molecule has 0 amide bonds. The smallest absolute Gasteiger partial charge is 0.285 e. The summed E-state index contributed by atoms with van der Waals surface area (Å²) in [6.07, 6.45) is -1.11. The molecule has 0 unspecified atom stereocenters. The van der Waals surface area contributed by atoms with E-state index in [9.17, 15) is 19.8 Å². The zero-order chi connectivity index (χ0) is 20.6. The number of rotatable bonds is 4. The number of hydrogen-bond acceptors (Lipinski definition) is 5. The molecule has 6 heteroatoms. The molecule has 0 radical (unpaired) electrons. The maximum Gasteiger partial charge on any atom is 0.285 e. The van der Waals surface area contributed by atoms with Gasteiger partial charge in [-0.3, -0.25) is 9.59 Å². The number of ketones is 2. The molecule has 28 heavy (non-hydrogen) atoms. The molecule has 0 heterocycles. The fraction of sp³-hybridized carbons (Fsp3) is 0.364. The molecular weight excluding hydrogens is 372 g/mol. The molecule has 0 aliphatic heterocycles. The minimum atomic E-state index is -2.91. The third-order valence-corrected chi connectivity index (χ3v) is 10.5. The van der Waals surface area contributed by atoms with Crippen LogP contribution in [-0.4, -0.2) is 42.0 Å². The predicted octanol–water partition coefficient (Wildman–Crippen LogP) is 1.54. The van der Waals surface area contributed by atoms with Crippen molar-refractivity contribution < 1.29 is 24.2 Å². The number of Topliss-reactive ketones (excluding diaryl/α,β-unsaturated/α-hetero) is 2. The van der Waals surface area contributed by atoms with Crippen molar-refractivity contribution in [1.29, 1.82) is 0 Å². The first kappa shape index (κ1) is 20.6. The van der Waals surface area contributed by atoms with Crippen molar-refractivity contribution in [1.82, 2.24) is 0 Å². The zero-order valence-electron chi connectivity index (χ0n) is 16.4. The third-order valence-electron chi connectivity index (χ3n) is 5.36. The second kappa shape index (κ2) is 7.37. The molecular formula is C22H26O5Si. The summed E-state index contributed by atoms with van der Waals surface area (Å²) in [4.78, 5) is 24.3. The van der Waals surface area contributed by atoms with Crippen LogP contribution in [0.15, 0.2) is 60.7 Å². The standard InChI is InChI=1S/C22H26O5Si/c1-21(2,3)28(17-10-6-4-7-11-17,18-12-8-5-9-13-18)27-16-14-19(23)22(25,26)20(24)15-16/h4-13,16,25-26H,14-15H2,1-3H3. The molecule has 0 aromatic heterocycles. The SMILES string of the molecule is CC(C)(C)[Si](OC1CC(=O)C(O)(O)C(=O)C1)(c1ccccc1)c1ccccc1. The summed E-state index contributed by atoms with van der Waals surface area (Å²) >= 11 is 0. The summed E-state index contributed by atoms with van der Waals surface area (Å²) in [6, 6.07) is 19.8. The lowest BCUT2D eigenvalue weighted by molar-refractivity contribution is -0.196. The van der Waals surface area contributed by atoms with Crippen molar-refractivity contribution in [2.75, 3.05) is 0 Å². The van der Waals surface area contributed by atoms with Gasteiger partial charge in [0.05, 0.1) is 6.10 Å². The second-order valence-electron chi connectivity index (χ2n) is 8.33. The van der Waals surface area contributed by atoms with Crippen molar-refractivity contribution in [2.24, 2.45) is 0 Å². The van der Waals surface area contributed by atoms with Crippen molar-refractivity contribution in [3.05, 3.63) is 60.7 Å². The van der Waals surface area contributed by atoms with Gasteiger partial charge in [-0.15, -0.1) is 0 Å². The zero-order valence-corrected chi connectivity index (χ0v) is 17.4. The van der Waals surface area contributed by atoms with Gasteiger partial charge in [-0.2, -0.15) is 0 Å². The highest BCUT2D eigenvalue weighted by Gasteiger charge is 2.54. The van der Waals surface area contributed by atoms with Gasteiger partial charge < -0.3 is 14.6 Å². The van der Waals surface area contributed by atoms with E-state index >= 15 is 0 Å². The maximum absolute atomic E-state index is 12.2. The molecule has 0 saturated heterocycles. The Labute approximate surface area is 166 Å². The first-order valence-corrected chi connectivity index (χ1v) is 11.3. The largest absolute Gasteiger partial charge is 0.404 e. The molecule has 148 valence electrons. The highest BCUT2D eigenvalue weighted by atomic mass is 28.4. The highest BCUT2D eigenvalue weighted by molar-refractivity contribution is 6.99. The van der Waals surface area contributed by atoms with Crippen LogP contribution in [0.5, 0.6) is 0 Å². The van der Waals surface area contributed by atoms with Gasteiger partial charge in [-0.05, 0) is 15.4 Å². The molecule has 1 saturated carbocycles. The Morgan fingerprint density at radius 1 is 0.857 bits per heavy atom. The number of carbonyl (C=O) groups is 2. The fourth-order valence-electron chi connectivity index (χ4n) is 3.95. The molecule has 5 nitrogen and oxygen atoms in total. The molecule has 2 N–H and O–H groups in total. The van der Waals surface area contributed by atoms with E-state index in [-0.39, 0.29) is 17.9 Å². The topological polar surface area (TPSA) is 83.8 Å². The Hall–Kier alpha value is -2.12. The van der Waals surface area contributed by atoms with Crippen molar-refractivity contribution in [3.8, 4) is 0 Å². The summed E-state index contributed by atoms with van der Waals surface area (Å²) < 4.78 is 6.72. The van der Waals surface area contributed by atoms with Gasteiger partial charge in [0.2, 0.25) is 11.6 Å². The van der Waals surface area contributed by atoms with Crippen molar-refractivity contribution >= 4 is 30.3 Å². The van der Waals surface area contributed by atoms with Gasteiger partial charge in [-0.1, -0.05) is 81.4 Å². The van der Waals surface area contributed by atoms with E-state index in [1.165, 1.54) is 0 Å². The molecule has 0 spiro atoms. The molecule has 0 bridgehead atoms. The number of benzene rings is 2. The quantitative estimate of drug-likeness (QED) is 0.464. The first-order valence-electron chi connectivity index (χ1n) is 9.39. The van der Waals surface area contributed by atoms with Gasteiger partial charge in [0, 0.05) is 12.8 Å². The summed E-state index contributed by atoms with van der Waals surface area (Å²) in [5, 5.41) is 21.3. The lowest BCUT2D eigenvalue weighted by Gasteiger charge is -2.46. The molecule has 1 aliphatic rings. The Morgan fingerprint density at radius 3 is 1.61 bits per heavy atom. The minimum absolute atomic E-state index is 0.205. The maximum atomic E-state index is 12.2. The van der Waals surface area contributed by atoms with Gasteiger partial charge in [0.15, 0.2) is 0 Å². The normalized spacial score (nSPS) is 18.3. The van der Waals surface area contributed by atoms with Crippen LogP contribution in [0.2, 0.25) is 5.04 Å². The Kier molecular flexibility index (Phi) is 5.42. The first-order chi connectivity index (χ1) is 13.1. The lowest BCUT2D eigenvalue weighted by atomic mass is 9.90. The Morgan fingerprint density at radius 2 is 1.25 bits per heavy atom.